The van der Waals surface area contributed by atoms with Gasteiger partial charge in [-0.2, -0.15) is 0 Å². The van der Waals surface area contributed by atoms with Crippen molar-refractivity contribution in [3.63, 3.8) is 0 Å². The van der Waals surface area contributed by atoms with Crippen molar-refractivity contribution in [1.29, 1.82) is 0 Å². The Morgan fingerprint density at radius 3 is 2.39 bits per heavy atom. The van der Waals surface area contributed by atoms with Crippen LogP contribution in [0.5, 0.6) is 0 Å². The molecule has 13 heteroatoms. The van der Waals surface area contributed by atoms with Crippen molar-refractivity contribution in [2.24, 2.45) is 0 Å². The van der Waals surface area contributed by atoms with Crippen LogP contribution >= 0.6 is 0 Å². The van der Waals surface area contributed by atoms with Crippen LogP contribution < -0.4 is 13.9 Å². The van der Waals surface area contributed by atoms with Crippen LogP contribution in [0.3, 0.4) is 0 Å². The second-order valence-corrected chi connectivity index (χ2v) is 13.0. The van der Waals surface area contributed by atoms with E-state index in [1.54, 1.807) is 0 Å². The smallest absolute Gasteiger partial charge is 0.215 e. The van der Waals surface area contributed by atoms with E-state index in [-0.39, 0.29) is 41.4 Å². The number of para-hydroxylation sites is 2. The first-order valence-corrected chi connectivity index (χ1v) is 16.1. The number of methoxy groups -OCH3 is 2. The van der Waals surface area contributed by atoms with Crippen LogP contribution in [0.25, 0.3) is 15.9 Å². The van der Waals surface area contributed by atoms with Gasteiger partial charge < -0.3 is 4.55 Å². The Hall–Kier alpha value is -2.76. The average molecular weight is 672 g/mol. The zero-order valence-corrected chi connectivity index (χ0v) is 24.8. The summed E-state index contributed by atoms with van der Waals surface area (Å²) in [6, 6.07) is 16.7. The van der Waals surface area contributed by atoms with Crippen LogP contribution in [0.1, 0.15) is 17.4 Å². The Balaban J connectivity index is 0.000000732. The van der Waals surface area contributed by atoms with E-state index >= 15 is 0 Å². The molecule has 2 aromatic carbocycles. The molecule has 0 amide bonds. The van der Waals surface area contributed by atoms with Gasteiger partial charge >= 0.3 is 206 Å². The average Bonchev–Trinajstić information content (AvgIpc) is 3.42. The van der Waals surface area contributed by atoms with Gasteiger partial charge in [0.2, 0.25) is 10.4 Å². The first kappa shape index (κ1) is 29.8. The zero-order chi connectivity index (χ0) is 27.7. The van der Waals surface area contributed by atoms with E-state index in [0.29, 0.717) is 25.9 Å². The topological polar surface area (TPSA) is 137 Å². The molecule has 2 heterocycles. The molecule has 38 heavy (non-hydrogen) atoms. The summed E-state index contributed by atoms with van der Waals surface area (Å²) in [6.45, 7) is 1.20. The standard InChI is InChI=1S/C25H25N2O4Se2.H2O4S/c1-30-24(28)14-16-26-18-8-3-5-10-20(18)32-22(26)12-7-13-23-27(17-15-25(29)31-2)19-9-4-6-11-21(19)33-23;1-5(2,3)4/h3-13H,14-17H2,1-2H3;(H2,1,2,3,4)/q+1;/p-1. The zero-order valence-electron chi connectivity index (χ0n) is 20.6. The third-order valence-corrected chi connectivity index (χ3v) is 10.0. The predicted molar refractivity (Wildman–Crippen MR) is 143 cm³/mol. The summed E-state index contributed by atoms with van der Waals surface area (Å²) < 4.78 is 49.8. The molecule has 4 rings (SSSR count). The van der Waals surface area contributed by atoms with E-state index in [1.807, 2.05) is 12.1 Å². The molecule has 0 radical (unpaired) electrons. The van der Waals surface area contributed by atoms with E-state index in [2.05, 4.69) is 64.1 Å². The molecular weight excluding hydrogens is 646 g/mol. The first-order chi connectivity index (χ1) is 18.1. The summed E-state index contributed by atoms with van der Waals surface area (Å²) in [7, 11) is -2.07. The molecule has 202 valence electrons. The minimum atomic E-state index is -4.92. The minimum Gasteiger partial charge on any atom is -0.726 e. The maximum absolute atomic E-state index is 11.7. The van der Waals surface area contributed by atoms with E-state index in [0.717, 1.165) is 0 Å². The molecule has 1 N–H and O–H groups in total. The molecule has 0 fully saturated rings. The summed E-state index contributed by atoms with van der Waals surface area (Å²) in [6.07, 6.45) is 7.10. The quantitative estimate of drug-likeness (QED) is 0.122. The van der Waals surface area contributed by atoms with Gasteiger partial charge in [-0.3, -0.25) is 4.55 Å². The van der Waals surface area contributed by atoms with Gasteiger partial charge in [0.05, 0.1) is 0 Å². The van der Waals surface area contributed by atoms with E-state index in [1.165, 1.54) is 43.3 Å². The Morgan fingerprint density at radius 1 is 1.05 bits per heavy atom. The molecule has 3 aromatic rings. The SMILES string of the molecule is COC(=O)CCN1/C(=C\C=C\c2[se]c3ccccc3[n+]2CCC(=O)OC)[Se]c2ccccc21.O=S(=O)([O-])O. The molecular formula is C25H26N2O8SSe2. The van der Waals surface area contributed by atoms with Crippen molar-refractivity contribution < 1.29 is 41.2 Å². The van der Waals surface area contributed by atoms with Crippen LogP contribution in [0, 0.1) is 0 Å². The predicted octanol–water partition coefficient (Wildman–Crippen LogP) is 1.02. The molecule has 0 bridgehead atoms. The van der Waals surface area contributed by atoms with Crippen LogP contribution in [0.15, 0.2) is 65.3 Å². The van der Waals surface area contributed by atoms with Crippen LogP contribution in [0.2, 0.25) is 0 Å². The van der Waals surface area contributed by atoms with Crippen LogP contribution in [-0.4, -0.2) is 79.7 Å². The maximum Gasteiger partial charge on any atom is 0.215 e. The van der Waals surface area contributed by atoms with Gasteiger partial charge in [-0.1, -0.05) is 0 Å². The monoisotopic (exact) mass is 674 g/mol. The third-order valence-electron chi connectivity index (χ3n) is 5.29. The normalized spacial score (nSPS) is 13.9. The summed E-state index contributed by atoms with van der Waals surface area (Å²) in [5.74, 6) is -0.407. The van der Waals surface area contributed by atoms with Crippen molar-refractivity contribution in [3.8, 4) is 0 Å². The number of hydrogen-bond acceptors (Lipinski definition) is 8. The number of nitrogens with zero attached hydrogens (tertiary/aromatic N) is 2. The molecule has 1 aliphatic heterocycles. The number of carbonyl (C=O) groups is 2. The Labute approximate surface area is 233 Å². The van der Waals surface area contributed by atoms with Gasteiger partial charge in [-0.25, -0.2) is 8.42 Å². The van der Waals surface area contributed by atoms with Crippen molar-refractivity contribution in [2.75, 3.05) is 25.7 Å². The summed E-state index contributed by atoms with van der Waals surface area (Å²) in [4.78, 5) is 25.7. The van der Waals surface area contributed by atoms with Crippen LogP contribution in [-0.2, 0) is 36.0 Å². The number of aromatic nitrogens is 1. The second-order valence-electron chi connectivity index (χ2n) is 7.73. The number of allylic oxidation sites excluding steroid dienone is 2. The molecule has 1 aromatic heterocycles. The molecule has 0 unspecified atom stereocenters. The van der Waals surface area contributed by atoms with Crippen molar-refractivity contribution in [2.45, 2.75) is 19.4 Å². The number of ether oxygens (including phenoxy) is 2. The first-order valence-electron chi connectivity index (χ1n) is 11.3. The van der Waals surface area contributed by atoms with E-state index in [4.69, 9.17) is 27.0 Å². The molecule has 0 saturated heterocycles. The number of benzene rings is 2. The molecule has 0 saturated carbocycles. The summed E-state index contributed by atoms with van der Waals surface area (Å²) in [5, 5.41) is 0. The number of carbonyl (C=O) groups excluding carboxylic acids is 2. The van der Waals surface area contributed by atoms with Gasteiger partial charge in [-0.05, 0) is 0 Å². The summed E-state index contributed by atoms with van der Waals surface area (Å²) >= 11 is 0.353. The molecule has 10 nitrogen and oxygen atoms in total. The number of hydrogen-bond donors (Lipinski definition) is 1. The van der Waals surface area contributed by atoms with Crippen molar-refractivity contribution >= 4 is 77.8 Å². The van der Waals surface area contributed by atoms with Gasteiger partial charge in [-0.15, -0.1) is 0 Å². The fourth-order valence-corrected chi connectivity index (χ4v) is 8.26. The van der Waals surface area contributed by atoms with E-state index < -0.39 is 10.4 Å². The van der Waals surface area contributed by atoms with Gasteiger partial charge in [0, 0.05) is 0 Å². The van der Waals surface area contributed by atoms with Crippen LogP contribution in [0.4, 0.5) is 5.69 Å². The van der Waals surface area contributed by atoms with E-state index in [9.17, 15) is 9.59 Å². The van der Waals surface area contributed by atoms with Gasteiger partial charge in [0.25, 0.3) is 0 Å². The van der Waals surface area contributed by atoms with Gasteiger partial charge in [0.15, 0.2) is 0 Å². The Bertz CT molecular complexity index is 1460. The van der Waals surface area contributed by atoms with Crippen molar-refractivity contribution in [1.82, 2.24) is 0 Å². The number of fused-ring (bicyclic) bond motifs is 2. The fraction of sp³-hybridized carbons (Fsp3) is 0.240. The Kier molecular flexibility index (Phi) is 10.9. The molecule has 1 aliphatic rings. The maximum atomic E-state index is 11.7. The largest absolute Gasteiger partial charge is 0.726 e. The number of esters is 2. The summed E-state index contributed by atoms with van der Waals surface area (Å²) in [5.41, 5.74) is 2.34. The van der Waals surface area contributed by atoms with Crippen molar-refractivity contribution in [3.05, 3.63) is 69.8 Å². The number of anilines is 1. The Morgan fingerprint density at radius 2 is 1.68 bits per heavy atom. The molecule has 0 aliphatic carbocycles. The molecule has 0 spiro atoms. The molecule has 0 atom stereocenters. The minimum absolute atomic E-state index is 0.177. The second kappa shape index (κ2) is 13.9. The van der Waals surface area contributed by atoms with Gasteiger partial charge in [0.1, 0.15) is 0 Å². The number of rotatable bonds is 8. The number of aryl methyl sites for hydroxylation is 1. The third kappa shape index (κ3) is 8.64. The fourth-order valence-electron chi connectivity index (χ4n) is 3.64.